The summed E-state index contributed by atoms with van der Waals surface area (Å²) in [7, 11) is 3.47. The van der Waals surface area contributed by atoms with Gasteiger partial charge in [0, 0.05) is 49.9 Å². The maximum absolute atomic E-state index is 5.37. The Morgan fingerprint density at radius 2 is 2.14 bits per heavy atom. The lowest BCUT2D eigenvalue weighted by Crippen LogP contribution is -2.15. The largest absolute Gasteiger partial charge is 0.497 e. The van der Waals surface area contributed by atoms with Crippen LogP contribution in [0.3, 0.4) is 0 Å². The molecule has 4 nitrogen and oxygen atoms in total. The average Bonchev–Trinajstić information content (AvgIpc) is 3.28. The van der Waals surface area contributed by atoms with Crippen LogP contribution >= 0.6 is 0 Å². The van der Waals surface area contributed by atoms with Gasteiger partial charge in [-0.25, -0.2) is 0 Å². The number of benzene rings is 1. The SMILES string of the molecule is COCCCn1cc(CNC2CC2)c2cc(OC)ccc21. The van der Waals surface area contributed by atoms with Crippen molar-refractivity contribution in [2.75, 3.05) is 20.8 Å². The summed E-state index contributed by atoms with van der Waals surface area (Å²) in [6.45, 7) is 2.72. The lowest BCUT2D eigenvalue weighted by Gasteiger charge is -2.05. The van der Waals surface area contributed by atoms with E-state index in [1.54, 1.807) is 14.2 Å². The summed E-state index contributed by atoms with van der Waals surface area (Å²) in [6, 6.07) is 7.06. The molecule has 0 aliphatic heterocycles. The molecule has 1 saturated carbocycles. The number of hydrogen-bond donors (Lipinski definition) is 1. The van der Waals surface area contributed by atoms with Crippen LogP contribution in [0.1, 0.15) is 24.8 Å². The topological polar surface area (TPSA) is 35.4 Å². The molecule has 21 heavy (non-hydrogen) atoms. The van der Waals surface area contributed by atoms with Gasteiger partial charge >= 0.3 is 0 Å². The third-order valence-corrected chi connectivity index (χ3v) is 4.08. The van der Waals surface area contributed by atoms with Gasteiger partial charge in [-0.15, -0.1) is 0 Å². The molecular formula is C17H24N2O2. The van der Waals surface area contributed by atoms with Gasteiger partial charge in [0.05, 0.1) is 7.11 Å². The van der Waals surface area contributed by atoms with Crippen molar-refractivity contribution in [1.82, 2.24) is 9.88 Å². The van der Waals surface area contributed by atoms with E-state index in [0.717, 1.165) is 37.9 Å². The number of hydrogen-bond acceptors (Lipinski definition) is 3. The van der Waals surface area contributed by atoms with Gasteiger partial charge in [-0.1, -0.05) is 0 Å². The summed E-state index contributed by atoms with van der Waals surface area (Å²) in [6.07, 6.45) is 5.93. The standard InChI is InChI=1S/C17H24N2O2/c1-20-9-3-8-19-12-13(11-18-14-4-5-14)16-10-15(21-2)6-7-17(16)19/h6-7,10,12,14,18H,3-5,8-9,11H2,1-2H3. The van der Waals surface area contributed by atoms with E-state index < -0.39 is 0 Å². The zero-order valence-corrected chi connectivity index (χ0v) is 12.9. The Morgan fingerprint density at radius 1 is 1.29 bits per heavy atom. The number of rotatable bonds is 8. The van der Waals surface area contributed by atoms with E-state index >= 15 is 0 Å². The Labute approximate surface area is 126 Å². The molecule has 0 amide bonds. The maximum Gasteiger partial charge on any atom is 0.119 e. The predicted octanol–water partition coefficient (Wildman–Crippen LogP) is 2.94. The smallest absolute Gasteiger partial charge is 0.119 e. The van der Waals surface area contributed by atoms with Crippen molar-refractivity contribution in [3.05, 3.63) is 30.0 Å². The molecule has 0 saturated heterocycles. The molecule has 1 aliphatic carbocycles. The minimum Gasteiger partial charge on any atom is -0.497 e. The Balaban J connectivity index is 1.86. The van der Waals surface area contributed by atoms with Crippen molar-refractivity contribution >= 4 is 10.9 Å². The van der Waals surface area contributed by atoms with E-state index in [1.165, 1.54) is 29.3 Å². The van der Waals surface area contributed by atoms with Crippen LogP contribution in [0.4, 0.5) is 0 Å². The molecule has 0 radical (unpaired) electrons. The van der Waals surface area contributed by atoms with Crippen molar-refractivity contribution in [2.24, 2.45) is 0 Å². The molecule has 1 aliphatic rings. The Hall–Kier alpha value is -1.52. The number of ether oxygens (including phenoxy) is 2. The molecule has 1 aromatic carbocycles. The molecule has 4 heteroatoms. The first-order valence-corrected chi connectivity index (χ1v) is 7.70. The second-order valence-corrected chi connectivity index (χ2v) is 5.73. The van der Waals surface area contributed by atoms with Gasteiger partial charge in [0.15, 0.2) is 0 Å². The molecule has 0 unspecified atom stereocenters. The van der Waals surface area contributed by atoms with Crippen molar-refractivity contribution < 1.29 is 9.47 Å². The molecular weight excluding hydrogens is 264 g/mol. The van der Waals surface area contributed by atoms with Crippen LogP contribution in [0.2, 0.25) is 0 Å². The molecule has 1 heterocycles. The highest BCUT2D eigenvalue weighted by molar-refractivity contribution is 5.85. The van der Waals surface area contributed by atoms with Crippen LogP contribution in [-0.4, -0.2) is 31.4 Å². The minimum atomic E-state index is 0.725. The summed E-state index contributed by atoms with van der Waals surface area (Å²) >= 11 is 0. The quantitative estimate of drug-likeness (QED) is 0.759. The first-order valence-electron chi connectivity index (χ1n) is 7.70. The molecule has 3 rings (SSSR count). The summed E-state index contributed by atoms with van der Waals surface area (Å²) in [4.78, 5) is 0. The Bertz CT molecular complexity index is 602. The summed E-state index contributed by atoms with van der Waals surface area (Å²) < 4.78 is 12.9. The first-order chi connectivity index (χ1) is 10.3. The van der Waals surface area contributed by atoms with Crippen molar-refractivity contribution in [2.45, 2.75) is 38.4 Å². The Morgan fingerprint density at radius 3 is 2.86 bits per heavy atom. The van der Waals surface area contributed by atoms with Gasteiger partial charge in [-0.05, 0) is 43.0 Å². The van der Waals surface area contributed by atoms with E-state index in [0.29, 0.717) is 0 Å². The number of aromatic nitrogens is 1. The highest BCUT2D eigenvalue weighted by Crippen LogP contribution is 2.27. The van der Waals surface area contributed by atoms with Crippen LogP contribution in [0.15, 0.2) is 24.4 Å². The van der Waals surface area contributed by atoms with Gasteiger partial charge in [-0.3, -0.25) is 0 Å². The van der Waals surface area contributed by atoms with Crippen LogP contribution in [0, 0.1) is 0 Å². The molecule has 1 N–H and O–H groups in total. The summed E-state index contributed by atoms with van der Waals surface area (Å²) in [5, 5.41) is 4.90. The molecule has 1 aromatic heterocycles. The second-order valence-electron chi connectivity index (χ2n) is 5.73. The fraction of sp³-hybridized carbons (Fsp3) is 0.529. The molecule has 114 valence electrons. The molecule has 0 atom stereocenters. The lowest BCUT2D eigenvalue weighted by atomic mass is 10.1. The second kappa shape index (κ2) is 6.50. The van der Waals surface area contributed by atoms with Crippen LogP contribution in [-0.2, 0) is 17.8 Å². The monoisotopic (exact) mass is 288 g/mol. The lowest BCUT2D eigenvalue weighted by molar-refractivity contribution is 0.190. The number of fused-ring (bicyclic) bond motifs is 1. The fourth-order valence-corrected chi connectivity index (χ4v) is 2.72. The third kappa shape index (κ3) is 3.39. The summed E-state index contributed by atoms with van der Waals surface area (Å²) in [5.41, 5.74) is 2.63. The van der Waals surface area contributed by atoms with Gasteiger partial charge in [0.2, 0.25) is 0 Å². The maximum atomic E-state index is 5.37. The number of methoxy groups -OCH3 is 2. The molecule has 1 fully saturated rings. The van der Waals surface area contributed by atoms with Gasteiger partial charge in [0.25, 0.3) is 0 Å². The zero-order valence-electron chi connectivity index (χ0n) is 12.9. The van der Waals surface area contributed by atoms with Gasteiger partial charge < -0.3 is 19.4 Å². The van der Waals surface area contributed by atoms with E-state index in [-0.39, 0.29) is 0 Å². The highest BCUT2D eigenvalue weighted by atomic mass is 16.5. The molecule has 0 spiro atoms. The van der Waals surface area contributed by atoms with Gasteiger partial charge in [-0.2, -0.15) is 0 Å². The summed E-state index contributed by atoms with van der Waals surface area (Å²) in [5.74, 6) is 0.921. The van der Waals surface area contributed by atoms with E-state index in [1.807, 2.05) is 6.07 Å². The zero-order chi connectivity index (χ0) is 14.7. The number of nitrogens with zero attached hydrogens (tertiary/aromatic N) is 1. The molecule has 2 aromatic rings. The van der Waals surface area contributed by atoms with Crippen molar-refractivity contribution in [3.8, 4) is 5.75 Å². The van der Waals surface area contributed by atoms with Crippen LogP contribution in [0.5, 0.6) is 5.75 Å². The molecule has 0 bridgehead atoms. The number of nitrogens with one attached hydrogen (secondary N) is 1. The van der Waals surface area contributed by atoms with Crippen molar-refractivity contribution in [1.29, 1.82) is 0 Å². The number of aryl methyl sites for hydroxylation is 1. The minimum absolute atomic E-state index is 0.725. The fourth-order valence-electron chi connectivity index (χ4n) is 2.72. The van der Waals surface area contributed by atoms with E-state index in [4.69, 9.17) is 9.47 Å². The third-order valence-electron chi connectivity index (χ3n) is 4.08. The normalized spacial score (nSPS) is 14.8. The van der Waals surface area contributed by atoms with Crippen LogP contribution in [0.25, 0.3) is 10.9 Å². The average molecular weight is 288 g/mol. The predicted molar refractivity (Wildman–Crippen MR) is 84.8 cm³/mol. The highest BCUT2D eigenvalue weighted by Gasteiger charge is 2.21. The van der Waals surface area contributed by atoms with Crippen molar-refractivity contribution in [3.63, 3.8) is 0 Å². The van der Waals surface area contributed by atoms with Gasteiger partial charge in [0.1, 0.15) is 5.75 Å². The Kier molecular flexibility index (Phi) is 4.46. The first kappa shape index (κ1) is 14.4. The van der Waals surface area contributed by atoms with E-state index in [9.17, 15) is 0 Å². The van der Waals surface area contributed by atoms with E-state index in [2.05, 4.69) is 28.2 Å². The van der Waals surface area contributed by atoms with Crippen LogP contribution < -0.4 is 10.1 Å².